The van der Waals surface area contributed by atoms with Crippen LogP contribution in [0.5, 0.6) is 0 Å². The first kappa shape index (κ1) is 13.4. The molecule has 2 rings (SSSR count). The molecule has 9 heteroatoms. The van der Waals surface area contributed by atoms with Gasteiger partial charge in [-0.1, -0.05) is 0 Å². The van der Waals surface area contributed by atoms with Gasteiger partial charge in [0.15, 0.2) is 5.65 Å². The van der Waals surface area contributed by atoms with Crippen LogP contribution >= 0.6 is 11.8 Å². The number of carboxylic acid groups (broad SMARTS) is 1. The van der Waals surface area contributed by atoms with Crippen molar-refractivity contribution >= 4 is 28.9 Å². The molecule has 0 atom stereocenters. The van der Waals surface area contributed by atoms with Gasteiger partial charge >= 0.3 is 11.7 Å². The van der Waals surface area contributed by atoms with E-state index in [0.717, 1.165) is 0 Å². The number of nitrogens with one attached hydrogen (secondary N) is 2. The van der Waals surface area contributed by atoms with Crippen molar-refractivity contribution in [2.45, 2.75) is 12.2 Å². The van der Waals surface area contributed by atoms with Crippen molar-refractivity contribution in [3.63, 3.8) is 0 Å². The van der Waals surface area contributed by atoms with Crippen molar-refractivity contribution in [2.24, 2.45) is 7.05 Å². The molecule has 0 aliphatic heterocycles. The summed E-state index contributed by atoms with van der Waals surface area (Å²) in [5, 5.41) is 8.51. The second kappa shape index (κ2) is 5.31. The molecular formula is C10H12N4O4S. The topological polar surface area (TPSA) is 121 Å². The minimum absolute atomic E-state index is 0.0734. The third-order valence-corrected chi connectivity index (χ3v) is 3.47. The van der Waals surface area contributed by atoms with Crippen LogP contribution in [0.15, 0.2) is 9.59 Å². The number of aromatic amines is 2. The fourth-order valence-electron chi connectivity index (χ4n) is 1.55. The molecule has 0 saturated heterocycles. The largest absolute Gasteiger partial charge is 0.481 e. The maximum absolute atomic E-state index is 11.6. The number of carbonyl (C=O) groups is 1. The molecule has 0 spiro atoms. The van der Waals surface area contributed by atoms with Crippen LogP contribution in [-0.2, 0) is 17.6 Å². The van der Waals surface area contributed by atoms with Gasteiger partial charge in [-0.25, -0.2) is 9.78 Å². The van der Waals surface area contributed by atoms with Crippen molar-refractivity contribution in [3.8, 4) is 0 Å². The van der Waals surface area contributed by atoms with Gasteiger partial charge in [-0.15, -0.1) is 0 Å². The summed E-state index contributed by atoms with van der Waals surface area (Å²) in [6, 6.07) is 0. The SMILES string of the molecule is Cn1c(=O)[nH]c(=O)c2[nH]c(CSCCC(=O)O)nc21. The van der Waals surface area contributed by atoms with E-state index in [4.69, 9.17) is 5.11 Å². The number of aliphatic carboxylic acids is 1. The van der Waals surface area contributed by atoms with Gasteiger partial charge in [0.1, 0.15) is 11.3 Å². The zero-order valence-electron chi connectivity index (χ0n) is 10.1. The van der Waals surface area contributed by atoms with Crippen molar-refractivity contribution < 1.29 is 9.90 Å². The van der Waals surface area contributed by atoms with E-state index in [1.807, 2.05) is 0 Å². The molecule has 2 heterocycles. The maximum atomic E-state index is 11.6. The number of aryl methyl sites for hydroxylation is 1. The maximum Gasteiger partial charge on any atom is 0.329 e. The van der Waals surface area contributed by atoms with E-state index in [2.05, 4.69) is 15.0 Å². The fraction of sp³-hybridized carbons (Fsp3) is 0.400. The van der Waals surface area contributed by atoms with E-state index in [-0.39, 0.29) is 11.9 Å². The van der Waals surface area contributed by atoms with Gasteiger partial charge in [0.25, 0.3) is 5.56 Å². The number of nitrogens with zero attached hydrogens (tertiary/aromatic N) is 2. The zero-order chi connectivity index (χ0) is 14.0. The van der Waals surface area contributed by atoms with Crippen LogP contribution in [-0.4, -0.2) is 36.3 Å². The Morgan fingerprint density at radius 3 is 2.84 bits per heavy atom. The molecule has 19 heavy (non-hydrogen) atoms. The molecule has 0 saturated carbocycles. The Morgan fingerprint density at radius 2 is 2.16 bits per heavy atom. The highest BCUT2D eigenvalue weighted by atomic mass is 32.2. The molecule has 0 aliphatic rings. The van der Waals surface area contributed by atoms with Crippen LogP contribution in [0, 0.1) is 0 Å². The summed E-state index contributed by atoms with van der Waals surface area (Å²) in [5.41, 5.74) is -0.486. The Labute approximate surface area is 110 Å². The molecule has 0 unspecified atom stereocenters. The molecule has 0 aliphatic carbocycles. The minimum Gasteiger partial charge on any atom is -0.481 e. The third kappa shape index (κ3) is 2.87. The summed E-state index contributed by atoms with van der Waals surface area (Å²) in [7, 11) is 1.52. The van der Waals surface area contributed by atoms with Crippen LogP contribution in [0.4, 0.5) is 0 Å². The highest BCUT2D eigenvalue weighted by Crippen LogP contribution is 2.12. The van der Waals surface area contributed by atoms with E-state index < -0.39 is 17.2 Å². The van der Waals surface area contributed by atoms with Gasteiger partial charge in [-0.05, 0) is 0 Å². The number of imidazole rings is 1. The summed E-state index contributed by atoms with van der Waals surface area (Å²) < 4.78 is 1.25. The van der Waals surface area contributed by atoms with Crippen LogP contribution in [0.3, 0.4) is 0 Å². The lowest BCUT2D eigenvalue weighted by molar-refractivity contribution is -0.136. The van der Waals surface area contributed by atoms with Gasteiger partial charge < -0.3 is 10.1 Å². The first-order valence-corrected chi connectivity index (χ1v) is 6.62. The van der Waals surface area contributed by atoms with Crippen molar-refractivity contribution in [1.29, 1.82) is 0 Å². The third-order valence-electron chi connectivity index (χ3n) is 2.50. The predicted octanol–water partition coefficient (Wildman–Crippen LogP) is -0.342. The average molecular weight is 284 g/mol. The van der Waals surface area contributed by atoms with Crippen molar-refractivity contribution in [2.75, 3.05) is 5.75 Å². The number of fused-ring (bicyclic) bond motifs is 1. The summed E-state index contributed by atoms with van der Waals surface area (Å²) >= 11 is 1.39. The average Bonchev–Trinajstić information content (AvgIpc) is 2.76. The molecule has 2 aromatic rings. The minimum atomic E-state index is -0.851. The second-order valence-corrected chi connectivity index (χ2v) is 5.00. The van der Waals surface area contributed by atoms with Gasteiger partial charge in [0.2, 0.25) is 0 Å². The summed E-state index contributed by atoms with van der Waals surface area (Å²) in [5.74, 6) is 0.602. The number of carboxylic acids is 1. The van der Waals surface area contributed by atoms with E-state index in [1.54, 1.807) is 0 Å². The number of hydrogen-bond donors (Lipinski definition) is 3. The standard InChI is InChI=1S/C10H12N4O4S/c1-14-8-7(9(17)13-10(14)18)11-5(12-8)4-19-3-2-6(15)16/h2-4H2,1H3,(H,11,12)(H,15,16)(H,13,17,18). The molecule has 0 fully saturated rings. The fourth-order valence-corrected chi connectivity index (χ4v) is 2.34. The molecule has 2 aromatic heterocycles. The monoisotopic (exact) mass is 284 g/mol. The highest BCUT2D eigenvalue weighted by molar-refractivity contribution is 7.98. The van der Waals surface area contributed by atoms with E-state index in [1.165, 1.54) is 23.4 Å². The Morgan fingerprint density at radius 1 is 1.42 bits per heavy atom. The summed E-state index contributed by atoms with van der Waals surface area (Å²) in [6.07, 6.45) is 0.0734. The van der Waals surface area contributed by atoms with Gasteiger partial charge in [-0.2, -0.15) is 11.8 Å². The van der Waals surface area contributed by atoms with Crippen molar-refractivity contribution in [1.82, 2.24) is 19.5 Å². The molecule has 3 N–H and O–H groups in total. The first-order chi connectivity index (χ1) is 8.99. The number of rotatable bonds is 5. The quantitative estimate of drug-likeness (QED) is 0.646. The van der Waals surface area contributed by atoms with Gasteiger partial charge in [0, 0.05) is 12.8 Å². The van der Waals surface area contributed by atoms with E-state index in [9.17, 15) is 14.4 Å². The summed E-state index contributed by atoms with van der Waals surface area (Å²) in [6.45, 7) is 0. The van der Waals surface area contributed by atoms with Crippen molar-refractivity contribution in [3.05, 3.63) is 26.7 Å². The van der Waals surface area contributed by atoms with Crippen LogP contribution in [0.25, 0.3) is 11.2 Å². The van der Waals surface area contributed by atoms with Crippen LogP contribution in [0.2, 0.25) is 0 Å². The zero-order valence-corrected chi connectivity index (χ0v) is 10.9. The summed E-state index contributed by atoms with van der Waals surface area (Å²) in [4.78, 5) is 42.5. The second-order valence-electron chi connectivity index (χ2n) is 3.90. The first-order valence-electron chi connectivity index (χ1n) is 5.46. The van der Waals surface area contributed by atoms with Crippen LogP contribution < -0.4 is 11.2 Å². The molecule has 102 valence electrons. The van der Waals surface area contributed by atoms with E-state index in [0.29, 0.717) is 23.0 Å². The molecule has 0 bridgehead atoms. The van der Waals surface area contributed by atoms with Gasteiger partial charge in [-0.3, -0.25) is 19.1 Å². The molecule has 0 radical (unpaired) electrons. The number of aromatic nitrogens is 4. The lowest BCUT2D eigenvalue weighted by Crippen LogP contribution is -2.28. The lowest BCUT2D eigenvalue weighted by Gasteiger charge is -1.95. The number of hydrogen-bond acceptors (Lipinski definition) is 5. The molecule has 8 nitrogen and oxygen atoms in total. The van der Waals surface area contributed by atoms with E-state index >= 15 is 0 Å². The highest BCUT2D eigenvalue weighted by Gasteiger charge is 2.10. The molecular weight excluding hydrogens is 272 g/mol. The molecule has 0 amide bonds. The Bertz CT molecular complexity index is 729. The lowest BCUT2D eigenvalue weighted by atomic mass is 10.5. The molecule has 0 aromatic carbocycles. The Kier molecular flexibility index (Phi) is 3.74. The number of thioether (sulfide) groups is 1. The Hall–Kier alpha value is -2.03. The normalized spacial score (nSPS) is 11.0. The van der Waals surface area contributed by atoms with Crippen LogP contribution in [0.1, 0.15) is 12.2 Å². The van der Waals surface area contributed by atoms with Gasteiger partial charge in [0.05, 0.1) is 12.2 Å². The smallest absolute Gasteiger partial charge is 0.329 e. The Balaban J connectivity index is 2.20. The predicted molar refractivity (Wildman–Crippen MR) is 70.4 cm³/mol. The number of H-pyrrole nitrogens is 2.